The van der Waals surface area contributed by atoms with Gasteiger partial charge in [0.05, 0.1) is 7.11 Å². The zero-order chi connectivity index (χ0) is 13.4. The third kappa shape index (κ3) is 4.70. The molecule has 0 aliphatic rings. The molecule has 18 heavy (non-hydrogen) atoms. The summed E-state index contributed by atoms with van der Waals surface area (Å²) in [4.78, 5) is 0. The van der Waals surface area contributed by atoms with Crippen molar-refractivity contribution in [1.29, 1.82) is 0 Å². The molecular formula is C14H19BrO3. The average molecular weight is 315 g/mol. The lowest BCUT2D eigenvalue weighted by atomic mass is 10.1. The number of ether oxygens (including phenoxy) is 1. The van der Waals surface area contributed by atoms with Gasteiger partial charge >= 0.3 is 0 Å². The fourth-order valence-electron chi connectivity index (χ4n) is 1.70. The molecule has 0 bridgehead atoms. The highest BCUT2D eigenvalue weighted by Crippen LogP contribution is 2.34. The number of aliphatic hydroxyl groups is 1. The normalized spacial score (nSPS) is 11.1. The van der Waals surface area contributed by atoms with Crippen LogP contribution < -0.4 is 4.74 Å². The van der Waals surface area contributed by atoms with Crippen molar-refractivity contribution >= 4 is 15.9 Å². The minimum atomic E-state index is 0.195. The van der Waals surface area contributed by atoms with E-state index in [1.807, 2.05) is 12.1 Å². The quantitative estimate of drug-likeness (QED) is 0.599. The zero-order valence-corrected chi connectivity index (χ0v) is 12.1. The lowest BCUT2D eigenvalue weighted by Gasteiger charge is -2.09. The van der Waals surface area contributed by atoms with Gasteiger partial charge in [0.2, 0.25) is 0 Å². The number of unbranched alkanes of at least 4 members (excludes halogenated alkanes) is 1. The van der Waals surface area contributed by atoms with Crippen LogP contribution in [0, 0.1) is 0 Å². The number of halogens is 1. The lowest BCUT2D eigenvalue weighted by Crippen LogP contribution is -1.91. The van der Waals surface area contributed by atoms with Crippen molar-refractivity contribution in [3.8, 4) is 11.5 Å². The molecule has 0 atom stereocenters. The first-order valence-corrected chi connectivity index (χ1v) is 6.79. The predicted octanol–water partition coefficient (Wildman–Crippen LogP) is 3.42. The molecule has 0 aromatic heterocycles. The Morgan fingerprint density at radius 1 is 1.28 bits per heavy atom. The fourth-order valence-corrected chi connectivity index (χ4v) is 2.18. The summed E-state index contributed by atoms with van der Waals surface area (Å²) in [5, 5.41) is 18.6. The molecule has 100 valence electrons. The minimum absolute atomic E-state index is 0.195. The van der Waals surface area contributed by atoms with Gasteiger partial charge in [-0.2, -0.15) is 0 Å². The average Bonchev–Trinajstić information content (AvgIpc) is 2.37. The molecule has 0 unspecified atom stereocenters. The van der Waals surface area contributed by atoms with Crippen LogP contribution in [0.5, 0.6) is 11.5 Å². The summed E-state index contributed by atoms with van der Waals surface area (Å²) in [6.07, 6.45) is 7.42. The number of phenols is 1. The number of aliphatic hydroxyl groups excluding tert-OH is 1. The van der Waals surface area contributed by atoms with Gasteiger partial charge in [0.15, 0.2) is 11.5 Å². The van der Waals surface area contributed by atoms with Crippen LogP contribution in [0.15, 0.2) is 28.8 Å². The van der Waals surface area contributed by atoms with Crippen LogP contribution in [0.25, 0.3) is 0 Å². The van der Waals surface area contributed by atoms with E-state index in [-0.39, 0.29) is 12.4 Å². The molecule has 0 radical (unpaired) electrons. The van der Waals surface area contributed by atoms with E-state index in [4.69, 9.17) is 9.84 Å². The predicted molar refractivity (Wildman–Crippen MR) is 76.1 cm³/mol. The summed E-state index contributed by atoms with van der Waals surface area (Å²) >= 11 is 3.40. The molecule has 0 aliphatic heterocycles. The maximum atomic E-state index is 9.96. The summed E-state index contributed by atoms with van der Waals surface area (Å²) in [7, 11) is 1.54. The number of aryl methyl sites for hydroxylation is 1. The van der Waals surface area contributed by atoms with Gasteiger partial charge in [0.1, 0.15) is 0 Å². The van der Waals surface area contributed by atoms with Crippen molar-refractivity contribution in [2.45, 2.75) is 25.7 Å². The molecule has 3 nitrogen and oxygen atoms in total. The summed E-state index contributed by atoms with van der Waals surface area (Å²) < 4.78 is 6.01. The van der Waals surface area contributed by atoms with Crippen LogP contribution in [0.4, 0.5) is 0 Å². The number of hydrogen-bond donors (Lipinski definition) is 2. The number of phenolic OH excluding ortho intramolecular Hbond substituents is 1. The molecule has 0 spiro atoms. The summed E-state index contributed by atoms with van der Waals surface area (Å²) in [6.45, 7) is 0.195. The SMILES string of the molecule is COc1cc(Br)cc(CCC/C=C\CCO)c1O. The number of hydrogen-bond acceptors (Lipinski definition) is 3. The Balaban J connectivity index is 2.54. The van der Waals surface area contributed by atoms with Crippen molar-refractivity contribution in [3.05, 3.63) is 34.3 Å². The second-order valence-electron chi connectivity index (χ2n) is 3.99. The Morgan fingerprint density at radius 2 is 2.00 bits per heavy atom. The Morgan fingerprint density at radius 3 is 2.67 bits per heavy atom. The molecule has 0 saturated heterocycles. The first-order chi connectivity index (χ1) is 8.69. The first kappa shape index (κ1) is 15.1. The van der Waals surface area contributed by atoms with Crippen molar-refractivity contribution < 1.29 is 14.9 Å². The van der Waals surface area contributed by atoms with Crippen LogP contribution in [0.1, 0.15) is 24.8 Å². The van der Waals surface area contributed by atoms with Crippen molar-refractivity contribution in [2.24, 2.45) is 0 Å². The van der Waals surface area contributed by atoms with E-state index < -0.39 is 0 Å². The van der Waals surface area contributed by atoms with E-state index in [0.29, 0.717) is 12.2 Å². The second kappa shape index (κ2) is 8.16. The van der Waals surface area contributed by atoms with Crippen LogP contribution in [-0.4, -0.2) is 23.9 Å². The molecule has 0 amide bonds. The Labute approximate surface area is 116 Å². The smallest absolute Gasteiger partial charge is 0.161 e. The van der Waals surface area contributed by atoms with E-state index in [0.717, 1.165) is 29.3 Å². The Bertz CT molecular complexity index is 402. The zero-order valence-electron chi connectivity index (χ0n) is 10.5. The Hall–Kier alpha value is -1.00. The largest absolute Gasteiger partial charge is 0.504 e. The van der Waals surface area contributed by atoms with Gasteiger partial charge in [-0.25, -0.2) is 0 Å². The number of rotatable bonds is 7. The van der Waals surface area contributed by atoms with Crippen molar-refractivity contribution in [1.82, 2.24) is 0 Å². The highest BCUT2D eigenvalue weighted by Gasteiger charge is 2.08. The van der Waals surface area contributed by atoms with Crippen LogP contribution in [0.2, 0.25) is 0 Å². The van der Waals surface area contributed by atoms with Gasteiger partial charge in [-0.15, -0.1) is 0 Å². The van der Waals surface area contributed by atoms with Gasteiger partial charge in [-0.3, -0.25) is 0 Å². The highest BCUT2D eigenvalue weighted by molar-refractivity contribution is 9.10. The summed E-state index contributed by atoms with van der Waals surface area (Å²) in [5.74, 6) is 0.718. The molecule has 1 aromatic rings. The van der Waals surface area contributed by atoms with Crippen LogP contribution in [-0.2, 0) is 6.42 Å². The molecule has 4 heteroatoms. The molecule has 0 fully saturated rings. The monoisotopic (exact) mass is 314 g/mol. The molecule has 0 aliphatic carbocycles. The standard InChI is InChI=1S/C14H19BrO3/c1-18-13-10-12(15)9-11(14(13)17)7-5-3-2-4-6-8-16/h2,4,9-10,16-17H,3,5-8H2,1H3/b4-2-. The molecule has 1 rings (SSSR count). The molecule has 2 N–H and O–H groups in total. The van der Waals surface area contributed by atoms with E-state index in [1.54, 1.807) is 13.2 Å². The highest BCUT2D eigenvalue weighted by atomic mass is 79.9. The third-order valence-corrected chi connectivity index (χ3v) is 3.08. The van der Waals surface area contributed by atoms with Crippen LogP contribution in [0.3, 0.4) is 0 Å². The van der Waals surface area contributed by atoms with Crippen LogP contribution >= 0.6 is 15.9 Å². The van der Waals surface area contributed by atoms with Gasteiger partial charge < -0.3 is 14.9 Å². The van der Waals surface area contributed by atoms with E-state index in [1.165, 1.54) is 0 Å². The minimum Gasteiger partial charge on any atom is -0.504 e. The third-order valence-electron chi connectivity index (χ3n) is 2.62. The maximum Gasteiger partial charge on any atom is 0.161 e. The van der Waals surface area contributed by atoms with Gasteiger partial charge in [-0.1, -0.05) is 28.1 Å². The van der Waals surface area contributed by atoms with Crippen molar-refractivity contribution in [3.63, 3.8) is 0 Å². The maximum absolute atomic E-state index is 9.96. The van der Waals surface area contributed by atoms with Gasteiger partial charge in [-0.05, 0) is 43.4 Å². The van der Waals surface area contributed by atoms with E-state index >= 15 is 0 Å². The van der Waals surface area contributed by atoms with Gasteiger partial charge in [0.25, 0.3) is 0 Å². The molecule has 0 heterocycles. The first-order valence-electron chi connectivity index (χ1n) is 6.00. The fraction of sp³-hybridized carbons (Fsp3) is 0.429. The van der Waals surface area contributed by atoms with Crippen molar-refractivity contribution in [2.75, 3.05) is 13.7 Å². The molecule has 0 saturated carbocycles. The number of benzene rings is 1. The van der Waals surface area contributed by atoms with E-state index in [2.05, 4.69) is 22.0 Å². The number of allylic oxidation sites excluding steroid dienone is 1. The summed E-state index contributed by atoms with van der Waals surface area (Å²) in [5.41, 5.74) is 0.886. The molecular weight excluding hydrogens is 296 g/mol. The number of methoxy groups -OCH3 is 1. The second-order valence-corrected chi connectivity index (χ2v) is 4.91. The lowest BCUT2D eigenvalue weighted by molar-refractivity contribution is 0.302. The topological polar surface area (TPSA) is 49.7 Å². The van der Waals surface area contributed by atoms with E-state index in [9.17, 15) is 5.11 Å². The number of aromatic hydroxyl groups is 1. The molecule has 1 aromatic carbocycles. The summed E-state index contributed by atoms with van der Waals surface area (Å²) in [6, 6.07) is 3.66. The Kier molecular flexibility index (Phi) is 6.83. The van der Waals surface area contributed by atoms with Gasteiger partial charge in [0, 0.05) is 11.1 Å².